The molecule has 0 aliphatic rings. The molecule has 0 spiro atoms. The third-order valence-electron chi connectivity index (χ3n) is 4.02. The van der Waals surface area contributed by atoms with Gasteiger partial charge in [0.05, 0.1) is 26.2 Å². The SMILES string of the molecule is CCOc1ccccc1OCC(=O)N/N=C\c1ccc(OC(=O)c2ccco2)c(OC)c1. The van der Waals surface area contributed by atoms with Gasteiger partial charge in [0.25, 0.3) is 5.91 Å². The zero-order valence-corrected chi connectivity index (χ0v) is 17.6. The lowest BCUT2D eigenvalue weighted by atomic mass is 10.2. The summed E-state index contributed by atoms with van der Waals surface area (Å²) in [6, 6.07) is 15.0. The van der Waals surface area contributed by atoms with Crippen molar-refractivity contribution in [2.75, 3.05) is 20.3 Å². The molecule has 166 valence electrons. The minimum Gasteiger partial charge on any atom is -0.493 e. The molecular weight excluding hydrogens is 416 g/mol. The summed E-state index contributed by atoms with van der Waals surface area (Å²) in [4.78, 5) is 24.0. The first-order valence-electron chi connectivity index (χ1n) is 9.71. The third-order valence-corrected chi connectivity index (χ3v) is 4.02. The van der Waals surface area contributed by atoms with E-state index in [1.807, 2.05) is 13.0 Å². The van der Waals surface area contributed by atoms with Crippen molar-refractivity contribution >= 4 is 18.1 Å². The molecule has 0 atom stereocenters. The Balaban J connectivity index is 1.54. The van der Waals surface area contributed by atoms with Gasteiger partial charge in [-0.15, -0.1) is 0 Å². The largest absolute Gasteiger partial charge is 0.493 e. The lowest BCUT2D eigenvalue weighted by Crippen LogP contribution is -2.24. The molecule has 0 unspecified atom stereocenters. The standard InChI is InChI=1S/C23H22N2O7/c1-3-29-17-7-4-5-8-18(17)31-15-22(26)25-24-14-16-10-11-19(21(13-16)28-2)32-23(27)20-9-6-12-30-20/h4-14H,3,15H2,1-2H3,(H,25,26)/b24-14-. The van der Waals surface area contributed by atoms with Crippen molar-refractivity contribution in [3.8, 4) is 23.0 Å². The van der Waals surface area contributed by atoms with E-state index in [-0.39, 0.29) is 18.1 Å². The van der Waals surface area contributed by atoms with Crippen LogP contribution in [0.15, 0.2) is 70.4 Å². The molecule has 32 heavy (non-hydrogen) atoms. The average Bonchev–Trinajstić information content (AvgIpc) is 3.35. The van der Waals surface area contributed by atoms with Gasteiger partial charge in [0.15, 0.2) is 29.6 Å². The molecule has 1 N–H and O–H groups in total. The van der Waals surface area contributed by atoms with Gasteiger partial charge in [-0.1, -0.05) is 12.1 Å². The number of nitrogens with zero attached hydrogens (tertiary/aromatic N) is 1. The Labute approximate surface area is 184 Å². The van der Waals surface area contributed by atoms with Crippen molar-refractivity contribution in [3.63, 3.8) is 0 Å². The number of hydrogen-bond donors (Lipinski definition) is 1. The van der Waals surface area contributed by atoms with Crippen molar-refractivity contribution in [3.05, 3.63) is 72.2 Å². The van der Waals surface area contributed by atoms with Gasteiger partial charge in [0.1, 0.15) is 0 Å². The number of para-hydroxylation sites is 2. The summed E-state index contributed by atoms with van der Waals surface area (Å²) in [6.07, 6.45) is 2.80. The molecule has 0 saturated heterocycles. The Kier molecular flexibility index (Phi) is 7.85. The molecule has 0 aliphatic carbocycles. The third kappa shape index (κ3) is 6.11. The molecule has 0 aliphatic heterocycles. The van der Waals surface area contributed by atoms with E-state index in [0.29, 0.717) is 29.4 Å². The van der Waals surface area contributed by atoms with Gasteiger partial charge in [0.2, 0.25) is 5.76 Å². The van der Waals surface area contributed by atoms with E-state index >= 15 is 0 Å². The van der Waals surface area contributed by atoms with Crippen LogP contribution in [0.5, 0.6) is 23.0 Å². The van der Waals surface area contributed by atoms with Crippen LogP contribution in [0.1, 0.15) is 23.0 Å². The van der Waals surface area contributed by atoms with Crippen LogP contribution in [0.2, 0.25) is 0 Å². The molecular formula is C23H22N2O7. The Morgan fingerprint density at radius 3 is 2.47 bits per heavy atom. The highest BCUT2D eigenvalue weighted by Crippen LogP contribution is 2.28. The second-order valence-electron chi connectivity index (χ2n) is 6.24. The molecule has 0 fully saturated rings. The second-order valence-corrected chi connectivity index (χ2v) is 6.24. The van der Waals surface area contributed by atoms with Crippen LogP contribution >= 0.6 is 0 Å². The molecule has 1 aromatic heterocycles. The van der Waals surface area contributed by atoms with Crippen LogP contribution in [-0.4, -0.2) is 38.4 Å². The number of ether oxygens (including phenoxy) is 4. The summed E-state index contributed by atoms with van der Waals surface area (Å²) in [7, 11) is 1.44. The van der Waals surface area contributed by atoms with Gasteiger partial charge in [-0.2, -0.15) is 5.10 Å². The van der Waals surface area contributed by atoms with Crippen LogP contribution in [-0.2, 0) is 4.79 Å². The molecule has 0 saturated carbocycles. The number of amides is 1. The van der Waals surface area contributed by atoms with E-state index < -0.39 is 11.9 Å². The summed E-state index contributed by atoms with van der Waals surface area (Å²) in [5, 5.41) is 3.91. The number of benzene rings is 2. The first-order chi connectivity index (χ1) is 15.6. The van der Waals surface area contributed by atoms with E-state index in [1.54, 1.807) is 42.5 Å². The van der Waals surface area contributed by atoms with Gasteiger partial charge in [-0.25, -0.2) is 10.2 Å². The Bertz CT molecular complexity index is 1080. The minimum absolute atomic E-state index is 0.0755. The highest BCUT2D eigenvalue weighted by Gasteiger charge is 2.15. The Morgan fingerprint density at radius 2 is 1.78 bits per heavy atom. The first kappa shape index (κ1) is 22.4. The van der Waals surface area contributed by atoms with Gasteiger partial charge in [-0.05, 0) is 55.0 Å². The predicted molar refractivity (Wildman–Crippen MR) is 116 cm³/mol. The number of methoxy groups -OCH3 is 1. The number of rotatable bonds is 10. The van der Waals surface area contributed by atoms with E-state index in [0.717, 1.165) is 0 Å². The van der Waals surface area contributed by atoms with Crippen molar-refractivity contribution < 1.29 is 33.0 Å². The number of nitrogens with one attached hydrogen (secondary N) is 1. The van der Waals surface area contributed by atoms with Crippen molar-refractivity contribution in [1.29, 1.82) is 0 Å². The summed E-state index contributed by atoms with van der Waals surface area (Å²) in [6.45, 7) is 2.12. The minimum atomic E-state index is -0.645. The van der Waals surface area contributed by atoms with Crippen LogP contribution in [0.4, 0.5) is 0 Å². The predicted octanol–water partition coefficient (Wildman–Crippen LogP) is 3.44. The fourth-order valence-electron chi connectivity index (χ4n) is 2.59. The number of hydrazone groups is 1. The van der Waals surface area contributed by atoms with Gasteiger partial charge >= 0.3 is 5.97 Å². The quantitative estimate of drug-likeness (QED) is 0.224. The fraction of sp³-hybridized carbons (Fsp3) is 0.174. The maximum Gasteiger partial charge on any atom is 0.379 e. The van der Waals surface area contributed by atoms with Crippen molar-refractivity contribution in [2.24, 2.45) is 5.10 Å². The van der Waals surface area contributed by atoms with Crippen LogP contribution < -0.4 is 24.4 Å². The highest BCUT2D eigenvalue weighted by atomic mass is 16.6. The molecule has 3 aromatic rings. The molecule has 0 radical (unpaired) electrons. The molecule has 0 bridgehead atoms. The van der Waals surface area contributed by atoms with Crippen LogP contribution in [0.25, 0.3) is 0 Å². The lowest BCUT2D eigenvalue weighted by molar-refractivity contribution is -0.123. The van der Waals surface area contributed by atoms with E-state index in [9.17, 15) is 9.59 Å². The summed E-state index contributed by atoms with van der Waals surface area (Å²) < 4.78 is 26.5. The normalized spacial score (nSPS) is 10.6. The second kappa shape index (κ2) is 11.2. The van der Waals surface area contributed by atoms with E-state index in [4.69, 9.17) is 23.4 Å². The Hall–Kier alpha value is -4.27. The fourth-order valence-corrected chi connectivity index (χ4v) is 2.59. The van der Waals surface area contributed by atoms with Crippen LogP contribution in [0.3, 0.4) is 0 Å². The number of carbonyl (C=O) groups excluding carboxylic acids is 2. The summed E-state index contributed by atoms with van der Waals surface area (Å²) in [5.74, 6) is 0.555. The van der Waals surface area contributed by atoms with E-state index in [1.165, 1.54) is 25.7 Å². The Morgan fingerprint density at radius 1 is 1.00 bits per heavy atom. The molecule has 9 nitrogen and oxygen atoms in total. The number of furan rings is 1. The average molecular weight is 438 g/mol. The number of carbonyl (C=O) groups is 2. The zero-order valence-electron chi connectivity index (χ0n) is 17.6. The summed E-state index contributed by atoms with van der Waals surface area (Å²) >= 11 is 0. The molecule has 1 amide bonds. The summed E-state index contributed by atoms with van der Waals surface area (Å²) in [5.41, 5.74) is 3.00. The molecule has 3 rings (SSSR count). The lowest BCUT2D eigenvalue weighted by Gasteiger charge is -2.10. The first-order valence-corrected chi connectivity index (χ1v) is 9.71. The van der Waals surface area contributed by atoms with Crippen molar-refractivity contribution in [1.82, 2.24) is 5.43 Å². The van der Waals surface area contributed by atoms with Crippen LogP contribution in [0, 0.1) is 0 Å². The maximum absolute atomic E-state index is 12.0. The van der Waals surface area contributed by atoms with Gasteiger partial charge in [0, 0.05) is 0 Å². The van der Waals surface area contributed by atoms with Gasteiger partial charge < -0.3 is 23.4 Å². The molecule has 1 heterocycles. The maximum atomic E-state index is 12.0. The van der Waals surface area contributed by atoms with Crippen molar-refractivity contribution in [2.45, 2.75) is 6.92 Å². The molecule has 9 heteroatoms. The smallest absolute Gasteiger partial charge is 0.379 e. The monoisotopic (exact) mass is 438 g/mol. The molecule has 2 aromatic carbocycles. The topological polar surface area (TPSA) is 109 Å². The van der Waals surface area contributed by atoms with Gasteiger partial charge in [-0.3, -0.25) is 4.79 Å². The number of hydrogen-bond acceptors (Lipinski definition) is 8. The van der Waals surface area contributed by atoms with E-state index in [2.05, 4.69) is 10.5 Å². The highest BCUT2D eigenvalue weighted by molar-refractivity contribution is 5.89. The zero-order chi connectivity index (χ0) is 22.8. The number of esters is 1.